The van der Waals surface area contributed by atoms with Gasteiger partial charge in [0, 0.05) is 31.6 Å². The van der Waals surface area contributed by atoms with Crippen LogP contribution in [0.3, 0.4) is 0 Å². The number of anilines is 2. The van der Waals surface area contributed by atoms with Crippen LogP contribution in [0.2, 0.25) is 0 Å². The number of benzene rings is 1. The predicted molar refractivity (Wildman–Crippen MR) is 78.3 cm³/mol. The Hall–Kier alpha value is -1.90. The van der Waals surface area contributed by atoms with Crippen LogP contribution in [0.5, 0.6) is 0 Å². The fourth-order valence-corrected chi connectivity index (χ4v) is 2.46. The molecule has 1 amide bonds. The summed E-state index contributed by atoms with van der Waals surface area (Å²) >= 11 is 0. The Kier molecular flexibility index (Phi) is 5.32. The van der Waals surface area contributed by atoms with Crippen molar-refractivity contribution in [1.29, 1.82) is 0 Å². The summed E-state index contributed by atoms with van der Waals surface area (Å²) < 4.78 is 67.5. The third kappa shape index (κ3) is 3.95. The average molecular weight is 352 g/mol. The lowest BCUT2D eigenvalue weighted by Gasteiger charge is -2.33. The number of nitrogens with zero attached hydrogens (tertiary/aromatic N) is 1. The lowest BCUT2D eigenvalue weighted by molar-refractivity contribution is -0.267. The van der Waals surface area contributed by atoms with Gasteiger partial charge in [-0.3, -0.25) is 4.79 Å². The first-order valence-electron chi connectivity index (χ1n) is 7.29. The minimum atomic E-state index is -5.93. The second-order valence-corrected chi connectivity index (χ2v) is 5.52. The van der Waals surface area contributed by atoms with Crippen LogP contribution in [-0.4, -0.2) is 44.3 Å². The van der Waals surface area contributed by atoms with Crippen LogP contribution in [-0.2, 0) is 9.53 Å². The van der Waals surface area contributed by atoms with Crippen molar-refractivity contribution in [3.8, 4) is 0 Å². The zero-order valence-electron chi connectivity index (χ0n) is 12.9. The molecule has 1 fully saturated rings. The molecule has 1 aliphatic heterocycles. The van der Waals surface area contributed by atoms with E-state index < -0.39 is 18.0 Å². The topological polar surface area (TPSA) is 41.6 Å². The van der Waals surface area contributed by atoms with E-state index in [0.29, 0.717) is 6.54 Å². The van der Waals surface area contributed by atoms with E-state index in [1.807, 2.05) is 4.90 Å². The van der Waals surface area contributed by atoms with Crippen LogP contribution < -0.4 is 10.2 Å². The third-order valence-corrected chi connectivity index (χ3v) is 3.84. The molecule has 1 aliphatic rings. The average Bonchev–Trinajstić information content (AvgIpc) is 2.54. The molecule has 1 unspecified atom stereocenters. The summed E-state index contributed by atoms with van der Waals surface area (Å²) in [5, 5.41) is 1.59. The fourth-order valence-electron chi connectivity index (χ4n) is 2.46. The van der Waals surface area contributed by atoms with Gasteiger partial charge in [-0.15, -0.1) is 0 Å². The summed E-state index contributed by atoms with van der Waals surface area (Å²) in [5.74, 6) is -7.84. The molecular weight excluding hydrogens is 335 g/mol. The number of alkyl halides is 5. The fraction of sp³-hybridized carbons (Fsp3) is 0.533. The maximum absolute atomic E-state index is 12.9. The van der Waals surface area contributed by atoms with Crippen LogP contribution in [0.1, 0.15) is 12.8 Å². The van der Waals surface area contributed by atoms with Gasteiger partial charge in [-0.05, 0) is 37.1 Å². The van der Waals surface area contributed by atoms with Crippen molar-refractivity contribution in [2.45, 2.75) is 31.0 Å². The van der Waals surface area contributed by atoms with Gasteiger partial charge in [0.1, 0.15) is 0 Å². The Bertz CT molecular complexity index is 574. The van der Waals surface area contributed by atoms with E-state index in [4.69, 9.17) is 4.74 Å². The molecule has 1 aromatic rings. The number of amides is 1. The summed E-state index contributed by atoms with van der Waals surface area (Å²) in [7, 11) is 1.62. The minimum absolute atomic E-state index is 0.0867. The van der Waals surface area contributed by atoms with Gasteiger partial charge >= 0.3 is 18.0 Å². The molecule has 1 heterocycles. The van der Waals surface area contributed by atoms with E-state index in [9.17, 15) is 26.7 Å². The van der Waals surface area contributed by atoms with Gasteiger partial charge < -0.3 is 15.0 Å². The molecule has 0 bridgehead atoms. The van der Waals surface area contributed by atoms with Crippen molar-refractivity contribution < 1.29 is 31.5 Å². The quantitative estimate of drug-likeness (QED) is 0.844. The highest BCUT2D eigenvalue weighted by atomic mass is 19.4. The maximum atomic E-state index is 12.9. The Morgan fingerprint density at radius 3 is 2.38 bits per heavy atom. The van der Waals surface area contributed by atoms with Crippen LogP contribution in [0.15, 0.2) is 24.3 Å². The lowest BCUT2D eigenvalue weighted by Crippen LogP contribution is -2.47. The zero-order valence-corrected chi connectivity index (χ0v) is 12.9. The van der Waals surface area contributed by atoms with Gasteiger partial charge in [0.25, 0.3) is 0 Å². The van der Waals surface area contributed by atoms with Crippen LogP contribution in [0, 0.1) is 0 Å². The van der Waals surface area contributed by atoms with Gasteiger partial charge in [-0.1, -0.05) is 0 Å². The van der Waals surface area contributed by atoms with Crippen molar-refractivity contribution in [2.75, 3.05) is 30.4 Å². The molecule has 1 atom stereocenters. The molecule has 4 nitrogen and oxygen atoms in total. The lowest BCUT2D eigenvalue weighted by atomic mass is 10.1. The number of nitrogens with one attached hydrogen (secondary N) is 1. The predicted octanol–water partition coefficient (Wildman–Crippen LogP) is 3.44. The Balaban J connectivity index is 2.03. The monoisotopic (exact) mass is 352 g/mol. The molecule has 24 heavy (non-hydrogen) atoms. The van der Waals surface area contributed by atoms with Gasteiger partial charge in [0.05, 0.1) is 6.10 Å². The SMILES string of the molecule is COC1CCCN(c2ccc(NC(=O)C(F)(F)C(F)(F)F)cc2)C1. The number of carbonyl (C=O) groups is 1. The molecular formula is C15H17F5N2O2. The normalized spacial score (nSPS) is 19.2. The van der Waals surface area contributed by atoms with E-state index >= 15 is 0 Å². The van der Waals surface area contributed by atoms with Crippen molar-refractivity contribution >= 4 is 17.3 Å². The summed E-state index contributed by atoms with van der Waals surface area (Å²) in [4.78, 5) is 13.2. The Morgan fingerprint density at radius 2 is 1.83 bits per heavy atom. The van der Waals surface area contributed by atoms with E-state index in [1.54, 1.807) is 24.6 Å². The van der Waals surface area contributed by atoms with Gasteiger partial charge in [0.2, 0.25) is 0 Å². The highest BCUT2D eigenvalue weighted by molar-refractivity contribution is 5.96. The molecule has 1 saturated heterocycles. The van der Waals surface area contributed by atoms with Gasteiger partial charge in [-0.2, -0.15) is 22.0 Å². The first-order chi connectivity index (χ1) is 11.1. The van der Waals surface area contributed by atoms with Gasteiger partial charge in [0.15, 0.2) is 0 Å². The summed E-state index contributed by atoms with van der Waals surface area (Å²) in [6.07, 6.45) is -3.98. The van der Waals surface area contributed by atoms with E-state index in [-0.39, 0.29) is 11.8 Å². The smallest absolute Gasteiger partial charge is 0.380 e. The second-order valence-electron chi connectivity index (χ2n) is 5.52. The van der Waals surface area contributed by atoms with E-state index in [1.165, 1.54) is 12.1 Å². The standard InChI is InChI=1S/C15H17F5N2O2/c1-24-12-3-2-8-22(9-12)11-6-4-10(5-7-11)21-13(23)14(16,17)15(18,19)20/h4-7,12H,2-3,8-9H2,1H3,(H,21,23). The number of methoxy groups -OCH3 is 1. The maximum Gasteiger partial charge on any atom is 0.463 e. The van der Waals surface area contributed by atoms with E-state index in [2.05, 4.69) is 0 Å². The third-order valence-electron chi connectivity index (χ3n) is 3.84. The second kappa shape index (κ2) is 6.92. The number of ether oxygens (including phenoxy) is 1. The van der Waals surface area contributed by atoms with Crippen LogP contribution in [0.25, 0.3) is 0 Å². The molecule has 0 radical (unpaired) electrons. The molecule has 0 spiro atoms. The summed E-state index contributed by atoms with van der Waals surface area (Å²) in [6, 6.07) is 5.69. The first-order valence-corrected chi connectivity index (χ1v) is 7.29. The van der Waals surface area contributed by atoms with Crippen LogP contribution >= 0.6 is 0 Å². The summed E-state index contributed by atoms with van der Waals surface area (Å²) in [6.45, 7) is 1.45. The Morgan fingerprint density at radius 1 is 1.21 bits per heavy atom. The highest BCUT2D eigenvalue weighted by Crippen LogP contribution is 2.36. The molecule has 1 N–H and O–H groups in total. The van der Waals surface area contributed by atoms with Crippen molar-refractivity contribution in [3.63, 3.8) is 0 Å². The molecule has 2 rings (SSSR count). The van der Waals surface area contributed by atoms with Crippen molar-refractivity contribution in [3.05, 3.63) is 24.3 Å². The minimum Gasteiger partial charge on any atom is -0.380 e. The number of carbonyl (C=O) groups excluding carboxylic acids is 1. The van der Waals surface area contributed by atoms with Crippen molar-refractivity contribution in [1.82, 2.24) is 0 Å². The molecule has 134 valence electrons. The molecule has 0 aromatic heterocycles. The number of piperidine rings is 1. The number of rotatable bonds is 4. The number of hydrogen-bond acceptors (Lipinski definition) is 3. The molecule has 0 saturated carbocycles. The number of halogens is 5. The number of hydrogen-bond donors (Lipinski definition) is 1. The Labute approximate surface area is 135 Å². The van der Waals surface area contributed by atoms with Gasteiger partial charge in [-0.25, -0.2) is 0 Å². The zero-order chi connectivity index (χ0) is 18.0. The molecule has 1 aromatic carbocycles. The summed E-state index contributed by atoms with van der Waals surface area (Å²) in [5.41, 5.74) is 0.644. The molecule has 0 aliphatic carbocycles. The largest absolute Gasteiger partial charge is 0.463 e. The highest BCUT2D eigenvalue weighted by Gasteiger charge is 2.63. The molecule has 9 heteroatoms. The van der Waals surface area contributed by atoms with Crippen molar-refractivity contribution in [2.24, 2.45) is 0 Å². The van der Waals surface area contributed by atoms with Crippen LogP contribution in [0.4, 0.5) is 33.3 Å². The first kappa shape index (κ1) is 18.4. The van der Waals surface area contributed by atoms with E-state index in [0.717, 1.165) is 25.1 Å².